The molecule has 2 rings (SSSR count). The quantitative estimate of drug-likeness (QED) is 0.909. The van der Waals surface area contributed by atoms with Crippen molar-refractivity contribution in [3.63, 3.8) is 0 Å². The number of amides is 1. The van der Waals surface area contributed by atoms with Gasteiger partial charge in [0.15, 0.2) is 0 Å². The summed E-state index contributed by atoms with van der Waals surface area (Å²) in [6, 6.07) is 8.52. The molecule has 0 saturated carbocycles. The van der Waals surface area contributed by atoms with E-state index in [9.17, 15) is 14.7 Å². The molecule has 112 valence electrons. The highest BCUT2D eigenvalue weighted by atomic mass is 32.2. The van der Waals surface area contributed by atoms with Crippen LogP contribution < -0.4 is 0 Å². The Balaban J connectivity index is 2.22. The highest BCUT2D eigenvalue weighted by Gasteiger charge is 2.36. The van der Waals surface area contributed by atoms with Crippen molar-refractivity contribution in [2.45, 2.75) is 31.6 Å². The number of hydrogen-bond donors (Lipinski definition) is 1. The van der Waals surface area contributed by atoms with Crippen LogP contribution in [0.5, 0.6) is 0 Å². The number of carboxylic acids is 1. The summed E-state index contributed by atoms with van der Waals surface area (Å²) in [5.74, 6) is -0.937. The summed E-state index contributed by atoms with van der Waals surface area (Å²) >= 11 is 1.45. The van der Waals surface area contributed by atoms with Crippen molar-refractivity contribution < 1.29 is 14.7 Å². The van der Waals surface area contributed by atoms with E-state index in [0.717, 1.165) is 5.56 Å². The third-order valence-electron chi connectivity index (χ3n) is 3.44. The van der Waals surface area contributed by atoms with Crippen molar-refractivity contribution in [1.82, 2.24) is 4.90 Å². The van der Waals surface area contributed by atoms with E-state index in [2.05, 4.69) is 0 Å². The molecule has 1 aliphatic rings. The molecule has 0 saturated heterocycles. The normalized spacial score (nSPS) is 19.9. The van der Waals surface area contributed by atoms with Gasteiger partial charge >= 0.3 is 5.97 Å². The fraction of sp³-hybridized carbons (Fsp3) is 0.375. The Morgan fingerprint density at radius 1 is 1.33 bits per heavy atom. The number of aliphatic carboxylic acids is 1. The molecule has 4 nitrogen and oxygen atoms in total. The zero-order chi connectivity index (χ0) is 15.4. The van der Waals surface area contributed by atoms with Crippen LogP contribution in [-0.4, -0.2) is 33.2 Å². The van der Waals surface area contributed by atoms with E-state index in [4.69, 9.17) is 0 Å². The zero-order valence-corrected chi connectivity index (χ0v) is 12.9. The molecule has 0 bridgehead atoms. The number of carbonyl (C=O) groups excluding carboxylic acids is 1. The summed E-state index contributed by atoms with van der Waals surface area (Å²) in [6.45, 7) is 3.94. The van der Waals surface area contributed by atoms with E-state index in [1.54, 1.807) is 6.20 Å². The summed E-state index contributed by atoms with van der Waals surface area (Å²) in [4.78, 5) is 25.5. The van der Waals surface area contributed by atoms with Gasteiger partial charge in [-0.25, -0.2) is 4.79 Å². The largest absolute Gasteiger partial charge is 0.480 e. The maximum atomic E-state index is 12.5. The van der Waals surface area contributed by atoms with Crippen molar-refractivity contribution in [3.8, 4) is 0 Å². The molecule has 0 spiro atoms. The van der Waals surface area contributed by atoms with Crippen LogP contribution in [0.2, 0.25) is 0 Å². The van der Waals surface area contributed by atoms with Crippen LogP contribution >= 0.6 is 11.8 Å². The molecule has 1 amide bonds. The van der Waals surface area contributed by atoms with Gasteiger partial charge in [0.25, 0.3) is 0 Å². The van der Waals surface area contributed by atoms with Crippen LogP contribution in [0.15, 0.2) is 41.9 Å². The first-order valence-corrected chi connectivity index (χ1v) is 7.86. The molecule has 0 aromatic heterocycles. The minimum Gasteiger partial charge on any atom is -0.480 e. The van der Waals surface area contributed by atoms with E-state index in [1.165, 1.54) is 16.7 Å². The molecule has 5 heteroatoms. The van der Waals surface area contributed by atoms with E-state index in [0.29, 0.717) is 6.42 Å². The average molecular weight is 305 g/mol. The molecule has 1 N–H and O–H groups in total. The Bertz CT molecular complexity index is 542. The van der Waals surface area contributed by atoms with Gasteiger partial charge in [0, 0.05) is 12.6 Å². The molecular formula is C16H19NO3S. The Hall–Kier alpha value is -1.75. The van der Waals surface area contributed by atoms with E-state index in [-0.39, 0.29) is 17.1 Å². The first-order chi connectivity index (χ1) is 10.0. The lowest BCUT2D eigenvalue weighted by Crippen LogP contribution is -2.48. The standard InChI is InChI=1S/C16H19NO3S/c1-11(2)14-15(18)17(8-9-21-14)13(16(19)20)10-12-6-4-3-5-7-12/h3-9,11,13-14H,10H2,1-2H3,(H,19,20)/t13-,14-/m0/s1. The molecule has 1 heterocycles. The first-order valence-electron chi connectivity index (χ1n) is 6.91. The molecule has 21 heavy (non-hydrogen) atoms. The van der Waals surface area contributed by atoms with Gasteiger partial charge in [0.2, 0.25) is 5.91 Å². The van der Waals surface area contributed by atoms with Crippen LogP contribution in [0, 0.1) is 5.92 Å². The number of carboxylic acid groups (broad SMARTS) is 1. The van der Waals surface area contributed by atoms with Crippen molar-refractivity contribution in [1.29, 1.82) is 0 Å². The fourth-order valence-corrected chi connectivity index (χ4v) is 3.23. The van der Waals surface area contributed by atoms with E-state index < -0.39 is 12.0 Å². The van der Waals surface area contributed by atoms with Gasteiger partial charge in [-0.05, 0) is 16.9 Å². The minimum absolute atomic E-state index is 0.124. The number of benzene rings is 1. The number of nitrogens with zero attached hydrogens (tertiary/aromatic N) is 1. The summed E-state index contributed by atoms with van der Waals surface area (Å²) in [6.07, 6.45) is 1.90. The van der Waals surface area contributed by atoms with Gasteiger partial charge < -0.3 is 10.0 Å². The van der Waals surface area contributed by atoms with Crippen LogP contribution in [0.3, 0.4) is 0 Å². The molecule has 0 radical (unpaired) electrons. The molecule has 2 atom stereocenters. The predicted octanol–water partition coefficient (Wildman–Crippen LogP) is 2.75. The van der Waals surface area contributed by atoms with Crippen LogP contribution in [0.1, 0.15) is 19.4 Å². The van der Waals surface area contributed by atoms with Gasteiger partial charge in [-0.15, -0.1) is 11.8 Å². The number of rotatable bonds is 5. The van der Waals surface area contributed by atoms with Gasteiger partial charge in [-0.2, -0.15) is 0 Å². The third-order valence-corrected chi connectivity index (χ3v) is 4.76. The second-order valence-corrected chi connectivity index (χ2v) is 6.43. The number of carbonyl (C=O) groups is 2. The second kappa shape index (κ2) is 6.80. The molecule has 0 fully saturated rings. The first kappa shape index (κ1) is 15.6. The molecule has 1 aliphatic heterocycles. The SMILES string of the molecule is CC(C)[C@@H]1SC=CN([C@@H](Cc2ccccc2)C(=O)O)C1=O. The average Bonchev–Trinajstić information content (AvgIpc) is 2.46. The number of thioether (sulfide) groups is 1. The highest BCUT2D eigenvalue weighted by Crippen LogP contribution is 2.29. The number of hydrogen-bond acceptors (Lipinski definition) is 3. The van der Waals surface area contributed by atoms with Gasteiger partial charge in [-0.1, -0.05) is 44.2 Å². The van der Waals surface area contributed by atoms with Crippen molar-refractivity contribution in [2.75, 3.05) is 0 Å². The second-order valence-electron chi connectivity index (χ2n) is 5.38. The lowest BCUT2D eigenvalue weighted by Gasteiger charge is -2.33. The predicted molar refractivity (Wildman–Crippen MR) is 83.8 cm³/mol. The monoisotopic (exact) mass is 305 g/mol. The van der Waals surface area contributed by atoms with Crippen molar-refractivity contribution in [2.24, 2.45) is 5.92 Å². The van der Waals surface area contributed by atoms with Gasteiger partial charge in [-0.3, -0.25) is 4.79 Å². The Morgan fingerprint density at radius 2 is 2.00 bits per heavy atom. The molecular weight excluding hydrogens is 286 g/mol. The van der Waals surface area contributed by atoms with Gasteiger partial charge in [0.1, 0.15) is 6.04 Å². The summed E-state index contributed by atoms with van der Waals surface area (Å²) in [5, 5.41) is 11.1. The maximum absolute atomic E-state index is 12.5. The molecule has 0 aliphatic carbocycles. The lowest BCUT2D eigenvalue weighted by molar-refractivity contribution is -0.148. The maximum Gasteiger partial charge on any atom is 0.327 e. The Kier molecular flexibility index (Phi) is 5.07. The Labute approximate surface area is 128 Å². The van der Waals surface area contributed by atoms with E-state index >= 15 is 0 Å². The summed E-state index contributed by atoms with van der Waals surface area (Å²) in [7, 11) is 0. The van der Waals surface area contributed by atoms with Crippen LogP contribution in [0.4, 0.5) is 0 Å². The van der Waals surface area contributed by atoms with Gasteiger partial charge in [0.05, 0.1) is 5.25 Å². The lowest BCUT2D eigenvalue weighted by atomic mass is 10.0. The van der Waals surface area contributed by atoms with Crippen molar-refractivity contribution >= 4 is 23.6 Å². The smallest absolute Gasteiger partial charge is 0.327 e. The van der Waals surface area contributed by atoms with E-state index in [1.807, 2.05) is 49.6 Å². The molecule has 1 aromatic carbocycles. The summed E-state index contributed by atoms with van der Waals surface area (Å²) in [5.41, 5.74) is 0.908. The fourth-order valence-electron chi connectivity index (χ4n) is 2.31. The molecule has 1 aromatic rings. The Morgan fingerprint density at radius 3 is 2.57 bits per heavy atom. The van der Waals surface area contributed by atoms with Crippen molar-refractivity contribution in [3.05, 3.63) is 47.5 Å². The minimum atomic E-state index is -0.980. The third kappa shape index (κ3) is 3.67. The van der Waals surface area contributed by atoms with Crippen LogP contribution in [-0.2, 0) is 16.0 Å². The highest BCUT2D eigenvalue weighted by molar-refractivity contribution is 8.03. The topological polar surface area (TPSA) is 57.6 Å². The summed E-state index contributed by atoms with van der Waals surface area (Å²) < 4.78 is 0. The molecule has 0 unspecified atom stereocenters. The van der Waals surface area contributed by atoms with Crippen LogP contribution in [0.25, 0.3) is 0 Å². The zero-order valence-electron chi connectivity index (χ0n) is 12.1.